The number of aromatic amines is 1. The first-order chi connectivity index (χ1) is 10.6. The maximum absolute atomic E-state index is 12.3. The summed E-state index contributed by atoms with van der Waals surface area (Å²) in [6.07, 6.45) is 2.18. The molecule has 2 aromatic rings. The van der Waals surface area contributed by atoms with Crippen molar-refractivity contribution in [1.82, 2.24) is 10.3 Å². The highest BCUT2D eigenvalue weighted by atomic mass is 16.4. The van der Waals surface area contributed by atoms with Crippen molar-refractivity contribution in [3.63, 3.8) is 0 Å². The SMILES string of the molecule is O=C(N[C@H]1CCC[C@H]1C(=O)O)c1ccc(-c2ccccc2)[nH]1. The highest BCUT2D eigenvalue weighted by Crippen LogP contribution is 2.26. The molecule has 5 nitrogen and oxygen atoms in total. The average Bonchev–Trinajstić information content (AvgIpc) is 3.17. The lowest BCUT2D eigenvalue weighted by Gasteiger charge is -2.17. The van der Waals surface area contributed by atoms with E-state index < -0.39 is 11.9 Å². The van der Waals surface area contributed by atoms with Gasteiger partial charge in [-0.15, -0.1) is 0 Å². The molecule has 1 aliphatic carbocycles. The van der Waals surface area contributed by atoms with Crippen LogP contribution in [0.3, 0.4) is 0 Å². The van der Waals surface area contributed by atoms with Gasteiger partial charge in [0.15, 0.2) is 0 Å². The molecule has 0 aliphatic heterocycles. The van der Waals surface area contributed by atoms with Crippen LogP contribution in [0.5, 0.6) is 0 Å². The minimum absolute atomic E-state index is 0.250. The van der Waals surface area contributed by atoms with Gasteiger partial charge >= 0.3 is 5.97 Å². The molecule has 0 bridgehead atoms. The van der Waals surface area contributed by atoms with Crippen LogP contribution < -0.4 is 5.32 Å². The number of H-pyrrole nitrogens is 1. The lowest BCUT2D eigenvalue weighted by Crippen LogP contribution is -2.40. The van der Waals surface area contributed by atoms with Crippen LogP contribution in [0.4, 0.5) is 0 Å². The second-order valence-electron chi connectivity index (χ2n) is 5.61. The summed E-state index contributed by atoms with van der Waals surface area (Å²) in [6, 6.07) is 13.0. The fraction of sp³-hybridized carbons (Fsp3) is 0.294. The van der Waals surface area contributed by atoms with Crippen molar-refractivity contribution in [3.8, 4) is 11.3 Å². The van der Waals surface area contributed by atoms with Crippen LogP contribution in [-0.2, 0) is 4.79 Å². The summed E-state index contributed by atoms with van der Waals surface area (Å²) in [4.78, 5) is 26.5. The van der Waals surface area contributed by atoms with Gasteiger partial charge in [-0.2, -0.15) is 0 Å². The molecule has 22 heavy (non-hydrogen) atoms. The lowest BCUT2D eigenvalue weighted by atomic mass is 10.0. The van der Waals surface area contributed by atoms with Gasteiger partial charge in [-0.1, -0.05) is 36.8 Å². The van der Waals surface area contributed by atoms with Crippen molar-refractivity contribution < 1.29 is 14.7 Å². The Kier molecular flexibility index (Phi) is 3.96. The van der Waals surface area contributed by atoms with Crippen LogP contribution >= 0.6 is 0 Å². The minimum atomic E-state index is -0.834. The number of aromatic nitrogens is 1. The third-order valence-corrected chi connectivity index (χ3v) is 4.17. The lowest BCUT2D eigenvalue weighted by molar-refractivity contribution is -0.142. The fourth-order valence-electron chi connectivity index (χ4n) is 2.99. The molecule has 3 rings (SSSR count). The van der Waals surface area contributed by atoms with Crippen LogP contribution in [0.15, 0.2) is 42.5 Å². The Balaban J connectivity index is 1.71. The van der Waals surface area contributed by atoms with Crippen molar-refractivity contribution >= 4 is 11.9 Å². The van der Waals surface area contributed by atoms with Gasteiger partial charge in [0.05, 0.1) is 5.92 Å². The van der Waals surface area contributed by atoms with E-state index in [4.69, 9.17) is 5.11 Å². The molecule has 0 radical (unpaired) electrons. The van der Waals surface area contributed by atoms with Gasteiger partial charge in [0.2, 0.25) is 0 Å². The van der Waals surface area contributed by atoms with Gasteiger partial charge in [-0.05, 0) is 30.5 Å². The summed E-state index contributed by atoms with van der Waals surface area (Å²) in [5.41, 5.74) is 2.33. The van der Waals surface area contributed by atoms with E-state index in [2.05, 4.69) is 10.3 Å². The van der Waals surface area contributed by atoms with Crippen molar-refractivity contribution in [2.45, 2.75) is 25.3 Å². The maximum Gasteiger partial charge on any atom is 0.308 e. The predicted molar refractivity (Wildman–Crippen MR) is 82.5 cm³/mol. The molecule has 0 saturated heterocycles. The smallest absolute Gasteiger partial charge is 0.308 e. The van der Waals surface area contributed by atoms with E-state index >= 15 is 0 Å². The van der Waals surface area contributed by atoms with Gasteiger partial charge in [-0.3, -0.25) is 9.59 Å². The van der Waals surface area contributed by atoms with E-state index in [-0.39, 0.29) is 11.9 Å². The van der Waals surface area contributed by atoms with E-state index in [1.807, 2.05) is 36.4 Å². The zero-order valence-electron chi connectivity index (χ0n) is 12.1. The summed E-state index contributed by atoms with van der Waals surface area (Å²) < 4.78 is 0. The summed E-state index contributed by atoms with van der Waals surface area (Å²) in [5.74, 6) is -1.56. The second-order valence-corrected chi connectivity index (χ2v) is 5.61. The Morgan fingerprint density at radius 2 is 1.86 bits per heavy atom. The molecule has 114 valence electrons. The number of nitrogens with one attached hydrogen (secondary N) is 2. The summed E-state index contributed by atoms with van der Waals surface area (Å²) in [6.45, 7) is 0. The van der Waals surface area contributed by atoms with Crippen LogP contribution in [0.25, 0.3) is 11.3 Å². The molecule has 1 aromatic heterocycles. The molecule has 1 fully saturated rings. The molecule has 0 unspecified atom stereocenters. The Hall–Kier alpha value is -2.56. The molecule has 1 aromatic carbocycles. The number of aliphatic carboxylic acids is 1. The third kappa shape index (κ3) is 2.88. The summed E-state index contributed by atoms with van der Waals surface area (Å²) in [5, 5.41) is 12.0. The number of carbonyl (C=O) groups is 2. The zero-order valence-corrected chi connectivity index (χ0v) is 12.1. The summed E-state index contributed by atoms with van der Waals surface area (Å²) in [7, 11) is 0. The molecule has 1 heterocycles. The van der Waals surface area contributed by atoms with Gasteiger partial charge in [0, 0.05) is 11.7 Å². The van der Waals surface area contributed by atoms with Crippen molar-refractivity contribution in [2.75, 3.05) is 0 Å². The first-order valence-electron chi connectivity index (χ1n) is 7.43. The van der Waals surface area contributed by atoms with Crippen molar-refractivity contribution in [2.24, 2.45) is 5.92 Å². The molecular weight excluding hydrogens is 280 g/mol. The average molecular weight is 298 g/mol. The number of carboxylic acids is 1. The molecule has 1 aliphatic rings. The second kappa shape index (κ2) is 6.05. The van der Waals surface area contributed by atoms with Crippen molar-refractivity contribution in [3.05, 3.63) is 48.2 Å². The van der Waals surface area contributed by atoms with E-state index in [0.29, 0.717) is 12.1 Å². The van der Waals surface area contributed by atoms with Gasteiger partial charge in [-0.25, -0.2) is 0 Å². The molecule has 3 N–H and O–H groups in total. The first-order valence-corrected chi connectivity index (χ1v) is 7.43. The molecule has 5 heteroatoms. The Labute approximate surface area is 128 Å². The number of amides is 1. The normalized spacial score (nSPS) is 20.7. The maximum atomic E-state index is 12.3. The molecule has 1 saturated carbocycles. The van der Waals surface area contributed by atoms with Gasteiger partial charge in [0.1, 0.15) is 5.69 Å². The standard InChI is InChI=1S/C17H18N2O3/c20-16(19-14-8-4-7-12(14)17(21)22)15-10-9-13(18-15)11-5-2-1-3-6-11/h1-3,5-6,9-10,12,14,18H,4,7-8H2,(H,19,20)(H,21,22)/t12-,14+/m1/s1. The number of rotatable bonds is 4. The Morgan fingerprint density at radius 3 is 2.59 bits per heavy atom. The number of benzene rings is 1. The zero-order chi connectivity index (χ0) is 15.5. The number of hydrogen-bond donors (Lipinski definition) is 3. The highest BCUT2D eigenvalue weighted by molar-refractivity contribution is 5.94. The molecule has 1 amide bonds. The Bertz CT molecular complexity index is 678. The van der Waals surface area contributed by atoms with E-state index in [1.165, 1.54) is 0 Å². The highest BCUT2D eigenvalue weighted by Gasteiger charge is 2.34. The number of hydrogen-bond acceptors (Lipinski definition) is 2. The topological polar surface area (TPSA) is 82.2 Å². The largest absolute Gasteiger partial charge is 0.481 e. The third-order valence-electron chi connectivity index (χ3n) is 4.17. The van der Waals surface area contributed by atoms with Crippen molar-refractivity contribution in [1.29, 1.82) is 0 Å². The van der Waals surface area contributed by atoms with Crippen LogP contribution in [-0.4, -0.2) is 28.0 Å². The molecular formula is C17H18N2O3. The van der Waals surface area contributed by atoms with E-state index in [1.54, 1.807) is 6.07 Å². The number of carbonyl (C=O) groups excluding carboxylic acids is 1. The van der Waals surface area contributed by atoms with Crippen LogP contribution in [0.2, 0.25) is 0 Å². The minimum Gasteiger partial charge on any atom is -0.481 e. The van der Waals surface area contributed by atoms with Crippen LogP contribution in [0.1, 0.15) is 29.8 Å². The fourth-order valence-corrected chi connectivity index (χ4v) is 2.99. The Morgan fingerprint density at radius 1 is 1.09 bits per heavy atom. The first kappa shape index (κ1) is 14.4. The van der Waals surface area contributed by atoms with E-state index in [9.17, 15) is 9.59 Å². The molecule has 2 atom stereocenters. The van der Waals surface area contributed by atoms with Crippen LogP contribution in [0, 0.1) is 5.92 Å². The summed E-state index contributed by atoms with van der Waals surface area (Å²) >= 11 is 0. The van der Waals surface area contributed by atoms with Gasteiger partial charge in [0.25, 0.3) is 5.91 Å². The predicted octanol–water partition coefficient (Wildman–Crippen LogP) is 2.66. The monoisotopic (exact) mass is 298 g/mol. The number of carboxylic acid groups (broad SMARTS) is 1. The quantitative estimate of drug-likeness (QED) is 0.811. The van der Waals surface area contributed by atoms with E-state index in [0.717, 1.165) is 24.1 Å². The molecule has 0 spiro atoms. The van der Waals surface area contributed by atoms with Gasteiger partial charge < -0.3 is 15.4 Å².